The average Bonchev–Trinajstić information content (AvgIpc) is 3.29. The molecule has 2 atom stereocenters. The molecule has 0 aliphatic heterocycles. The van der Waals surface area contributed by atoms with Gasteiger partial charge in [0.25, 0.3) is 11.3 Å². The molecule has 1 aromatic heterocycles. The maximum absolute atomic E-state index is 14.4. The second kappa shape index (κ2) is 10.9. The van der Waals surface area contributed by atoms with E-state index in [-0.39, 0.29) is 29.8 Å². The molecule has 1 aromatic carbocycles. The Hall–Kier alpha value is -2.73. The Balaban J connectivity index is 1.78. The number of anilines is 1. The molecule has 1 aliphatic carbocycles. The van der Waals surface area contributed by atoms with Crippen molar-refractivity contribution in [1.82, 2.24) is 10.3 Å². The van der Waals surface area contributed by atoms with Gasteiger partial charge in [-0.1, -0.05) is 6.07 Å². The van der Waals surface area contributed by atoms with Gasteiger partial charge in [0, 0.05) is 19.2 Å². The number of aromatic nitrogens is 1. The molecule has 1 heterocycles. The van der Waals surface area contributed by atoms with E-state index in [0.717, 1.165) is 42.1 Å². The van der Waals surface area contributed by atoms with Crippen LogP contribution in [-0.4, -0.2) is 32.8 Å². The summed E-state index contributed by atoms with van der Waals surface area (Å²) in [5, 5.41) is 2.67. The van der Waals surface area contributed by atoms with Gasteiger partial charge >= 0.3 is 6.18 Å². The van der Waals surface area contributed by atoms with Crippen molar-refractivity contribution in [1.29, 1.82) is 0 Å². The van der Waals surface area contributed by atoms with Crippen LogP contribution in [0, 0.1) is 12.7 Å². The molecule has 3 rings (SSSR count). The number of aryl methyl sites for hydroxylation is 1. The SMILES string of the molecule is Cc1cc(C(F)(F)F)nc(OC2CCCC2)c1CNC(=O)C(C)c1ccc(N(C)S(=O)O)c(F)c1. The van der Waals surface area contributed by atoms with Crippen molar-refractivity contribution in [2.75, 3.05) is 11.4 Å². The Bertz CT molecular complexity index is 1110. The molecule has 2 N–H and O–H groups in total. The highest BCUT2D eigenvalue weighted by atomic mass is 32.2. The number of nitrogens with zero attached hydrogens (tertiary/aromatic N) is 2. The minimum absolute atomic E-state index is 0.109. The molecule has 0 saturated heterocycles. The van der Waals surface area contributed by atoms with E-state index >= 15 is 0 Å². The molecule has 192 valence electrons. The van der Waals surface area contributed by atoms with Crippen LogP contribution in [0.25, 0.3) is 0 Å². The topological polar surface area (TPSA) is 91.8 Å². The lowest BCUT2D eigenvalue weighted by atomic mass is 9.99. The standard InChI is InChI=1S/C23H27F4N3O4S/c1-13-10-20(23(25,26)27)29-22(34-16-6-4-5-7-16)17(13)12-28-21(31)14(2)15-8-9-19(18(24)11-15)30(3)35(32)33/h8-11,14,16H,4-7,12H2,1-3H3,(H,28,31)(H,32,33). The van der Waals surface area contributed by atoms with Crippen molar-refractivity contribution in [3.8, 4) is 5.88 Å². The fourth-order valence-corrected chi connectivity index (χ4v) is 4.22. The van der Waals surface area contributed by atoms with Crippen LogP contribution in [0.2, 0.25) is 0 Å². The van der Waals surface area contributed by atoms with Gasteiger partial charge in [-0.15, -0.1) is 0 Å². The maximum atomic E-state index is 14.4. The first-order valence-electron chi connectivity index (χ1n) is 11.0. The second-order valence-electron chi connectivity index (χ2n) is 8.51. The predicted molar refractivity (Wildman–Crippen MR) is 123 cm³/mol. The molecule has 1 saturated carbocycles. The third kappa shape index (κ3) is 6.49. The van der Waals surface area contributed by atoms with Crippen LogP contribution in [0.5, 0.6) is 5.88 Å². The molecule has 0 spiro atoms. The lowest BCUT2D eigenvalue weighted by Crippen LogP contribution is -2.29. The summed E-state index contributed by atoms with van der Waals surface area (Å²) in [6.07, 6.45) is -1.58. The normalized spacial score (nSPS) is 16.1. The minimum atomic E-state index is -4.64. The number of pyridine rings is 1. The fourth-order valence-electron chi connectivity index (χ4n) is 3.90. The van der Waals surface area contributed by atoms with Crippen LogP contribution in [-0.2, 0) is 28.8 Å². The molecular formula is C23H27F4N3O4S. The summed E-state index contributed by atoms with van der Waals surface area (Å²) < 4.78 is 81.3. The predicted octanol–water partition coefficient (Wildman–Crippen LogP) is 4.86. The third-order valence-corrected chi connectivity index (χ3v) is 6.72. The molecule has 35 heavy (non-hydrogen) atoms. The number of ether oxygens (including phenoxy) is 1. The summed E-state index contributed by atoms with van der Waals surface area (Å²) in [5.74, 6) is -2.21. The highest BCUT2D eigenvalue weighted by molar-refractivity contribution is 7.80. The van der Waals surface area contributed by atoms with Gasteiger partial charge in [-0.2, -0.15) is 13.2 Å². The first-order valence-corrected chi connectivity index (χ1v) is 12.1. The molecule has 0 radical (unpaired) electrons. The Labute approximate surface area is 203 Å². The van der Waals surface area contributed by atoms with Crippen LogP contribution in [0.15, 0.2) is 24.3 Å². The van der Waals surface area contributed by atoms with Crippen LogP contribution in [0.4, 0.5) is 23.2 Å². The molecule has 2 aromatic rings. The third-order valence-electron chi connectivity index (χ3n) is 6.06. The summed E-state index contributed by atoms with van der Waals surface area (Å²) in [4.78, 5) is 16.5. The quantitative estimate of drug-likeness (QED) is 0.385. The maximum Gasteiger partial charge on any atom is 0.433 e. The zero-order valence-corrected chi connectivity index (χ0v) is 20.3. The Kier molecular flexibility index (Phi) is 8.37. The molecule has 2 unspecified atom stereocenters. The highest BCUT2D eigenvalue weighted by Gasteiger charge is 2.35. The Morgan fingerprint density at radius 1 is 1.31 bits per heavy atom. The van der Waals surface area contributed by atoms with Crippen molar-refractivity contribution >= 4 is 22.9 Å². The largest absolute Gasteiger partial charge is 0.474 e. The van der Waals surface area contributed by atoms with E-state index in [1.54, 1.807) is 6.92 Å². The second-order valence-corrected chi connectivity index (χ2v) is 9.52. The zero-order chi connectivity index (χ0) is 25.9. The van der Waals surface area contributed by atoms with Crippen molar-refractivity contribution < 1.29 is 35.9 Å². The van der Waals surface area contributed by atoms with Crippen molar-refractivity contribution in [3.05, 3.63) is 52.5 Å². The van der Waals surface area contributed by atoms with Gasteiger partial charge in [0.05, 0.1) is 11.6 Å². The first kappa shape index (κ1) is 26.9. The molecule has 1 fully saturated rings. The monoisotopic (exact) mass is 517 g/mol. The van der Waals surface area contributed by atoms with Crippen LogP contribution >= 0.6 is 0 Å². The van der Waals surface area contributed by atoms with Gasteiger partial charge in [0.2, 0.25) is 11.8 Å². The first-order chi connectivity index (χ1) is 16.4. The van der Waals surface area contributed by atoms with E-state index in [1.165, 1.54) is 26.1 Å². The van der Waals surface area contributed by atoms with Gasteiger partial charge < -0.3 is 10.1 Å². The summed E-state index contributed by atoms with van der Waals surface area (Å²) >= 11 is -2.41. The lowest BCUT2D eigenvalue weighted by molar-refractivity contribution is -0.141. The number of carbonyl (C=O) groups is 1. The fraction of sp³-hybridized carbons (Fsp3) is 0.478. The average molecular weight is 518 g/mol. The number of halogens is 4. The van der Waals surface area contributed by atoms with Gasteiger partial charge in [0.1, 0.15) is 17.6 Å². The summed E-state index contributed by atoms with van der Waals surface area (Å²) in [7, 11) is 1.25. The van der Waals surface area contributed by atoms with Gasteiger partial charge in [0.15, 0.2) is 0 Å². The van der Waals surface area contributed by atoms with Gasteiger partial charge in [-0.3, -0.25) is 13.7 Å². The molecule has 7 nitrogen and oxygen atoms in total. The molecule has 0 bridgehead atoms. The van der Waals surface area contributed by atoms with Crippen LogP contribution < -0.4 is 14.4 Å². The van der Waals surface area contributed by atoms with E-state index in [9.17, 15) is 26.6 Å². The van der Waals surface area contributed by atoms with E-state index < -0.39 is 40.8 Å². The minimum Gasteiger partial charge on any atom is -0.474 e. The van der Waals surface area contributed by atoms with E-state index in [2.05, 4.69) is 10.3 Å². The summed E-state index contributed by atoms with van der Waals surface area (Å²) in [6, 6.07) is 4.77. The number of amides is 1. The molecular weight excluding hydrogens is 490 g/mol. The van der Waals surface area contributed by atoms with E-state index in [1.807, 2.05) is 0 Å². The van der Waals surface area contributed by atoms with E-state index in [4.69, 9.17) is 9.29 Å². The summed E-state index contributed by atoms with van der Waals surface area (Å²) in [5.41, 5.74) is -0.216. The number of rotatable bonds is 8. The molecule has 1 amide bonds. The smallest absolute Gasteiger partial charge is 0.433 e. The number of nitrogens with one attached hydrogen (secondary N) is 1. The van der Waals surface area contributed by atoms with Crippen molar-refractivity contribution in [3.63, 3.8) is 0 Å². The zero-order valence-electron chi connectivity index (χ0n) is 19.5. The summed E-state index contributed by atoms with van der Waals surface area (Å²) in [6.45, 7) is 2.93. The Morgan fingerprint density at radius 3 is 2.54 bits per heavy atom. The molecule has 12 heteroatoms. The number of carbonyl (C=O) groups excluding carboxylic acids is 1. The van der Waals surface area contributed by atoms with Crippen molar-refractivity contribution in [2.45, 2.75) is 64.3 Å². The highest BCUT2D eigenvalue weighted by Crippen LogP contribution is 2.34. The van der Waals surface area contributed by atoms with Gasteiger partial charge in [-0.25, -0.2) is 13.6 Å². The van der Waals surface area contributed by atoms with Gasteiger partial charge in [-0.05, 0) is 68.9 Å². The Morgan fingerprint density at radius 2 is 1.97 bits per heavy atom. The van der Waals surface area contributed by atoms with Crippen LogP contribution in [0.1, 0.15) is 60.9 Å². The number of hydrogen-bond donors (Lipinski definition) is 2. The molecule has 1 aliphatic rings. The van der Waals surface area contributed by atoms with E-state index in [0.29, 0.717) is 11.1 Å². The number of hydrogen-bond acceptors (Lipinski definition) is 4. The van der Waals surface area contributed by atoms with Crippen LogP contribution in [0.3, 0.4) is 0 Å². The number of alkyl halides is 3. The number of benzene rings is 1. The van der Waals surface area contributed by atoms with Crippen molar-refractivity contribution in [2.24, 2.45) is 0 Å². The lowest BCUT2D eigenvalue weighted by Gasteiger charge is -2.20.